The molecule has 0 aliphatic carbocycles. The van der Waals surface area contributed by atoms with E-state index in [1.807, 2.05) is 0 Å². The number of aromatic nitrogens is 4. The summed E-state index contributed by atoms with van der Waals surface area (Å²) >= 11 is 0. The van der Waals surface area contributed by atoms with E-state index in [1.54, 1.807) is 0 Å². The summed E-state index contributed by atoms with van der Waals surface area (Å²) in [5, 5.41) is 11.6. The number of hydrogen-bond acceptors (Lipinski definition) is 10. The number of nitrogens with zero attached hydrogens (tertiary/aromatic N) is 6. The van der Waals surface area contributed by atoms with E-state index in [4.69, 9.17) is 9.68 Å². The van der Waals surface area contributed by atoms with E-state index in [2.05, 4.69) is 30.0 Å². The van der Waals surface area contributed by atoms with Crippen molar-refractivity contribution in [2.45, 2.75) is 77.3 Å². The molecular formula is C24H26F10N6O6S. The van der Waals surface area contributed by atoms with Gasteiger partial charge in [0.25, 0.3) is 0 Å². The normalized spacial score (nSPS) is 21.1. The van der Waals surface area contributed by atoms with E-state index < -0.39 is 116 Å². The van der Waals surface area contributed by atoms with Gasteiger partial charge in [0.1, 0.15) is 11.2 Å². The summed E-state index contributed by atoms with van der Waals surface area (Å²) in [6.07, 6.45) is -12.4. The second-order valence-electron chi connectivity index (χ2n) is 11.5. The summed E-state index contributed by atoms with van der Waals surface area (Å²) in [6, 6.07) is 0. The maximum Gasteiger partial charge on any atom is 0.435 e. The Bertz CT molecular complexity index is 1580. The first-order chi connectivity index (χ1) is 21.3. The standard InChI is InChI=1S/C24H26F10N6O6S/c1-21(2)11(7-9-13(23(29,30)31)35-39(5)17(9)43-19(25)26)15(37-45-21)47(41,42)16-12(22(3,4)46-38-16)8-10-14(24(32,33)34)36-40(6)18(10)44-20(27)28/h11-12,19-20H,7-8H2,1-6H3. The molecule has 0 fully saturated rings. The fourth-order valence-corrected chi connectivity index (χ4v) is 7.19. The Morgan fingerprint density at radius 2 is 1.04 bits per heavy atom. The molecule has 23 heteroatoms. The van der Waals surface area contributed by atoms with Crippen LogP contribution in [0.3, 0.4) is 0 Å². The second kappa shape index (κ2) is 11.7. The number of hydrogen-bond donors (Lipinski definition) is 0. The average molecular weight is 717 g/mol. The highest BCUT2D eigenvalue weighted by Gasteiger charge is 2.56. The SMILES string of the molecule is Cn1nc(C(F)(F)F)c(CC2C(S(=O)(=O)C3=NOC(C)(C)C3Cc3c(C(F)(F)F)nn(C)c3OC(F)F)=NOC2(C)C)c1OC(F)F. The maximum atomic E-state index is 14.1. The lowest BCUT2D eigenvalue weighted by Gasteiger charge is -2.27. The fourth-order valence-electron chi connectivity index (χ4n) is 5.22. The summed E-state index contributed by atoms with van der Waals surface area (Å²) in [4.78, 5) is 10.4. The summed E-state index contributed by atoms with van der Waals surface area (Å²) in [5.41, 5.74) is -8.71. The van der Waals surface area contributed by atoms with Crippen molar-refractivity contribution in [2.75, 3.05) is 0 Å². The maximum absolute atomic E-state index is 14.1. The van der Waals surface area contributed by atoms with Gasteiger partial charge in [0.2, 0.25) is 21.6 Å². The quantitative estimate of drug-likeness (QED) is 0.346. The Hall–Kier alpha value is -3.79. The molecule has 264 valence electrons. The van der Waals surface area contributed by atoms with Crippen molar-refractivity contribution in [1.82, 2.24) is 19.6 Å². The molecule has 0 aromatic carbocycles. The molecule has 2 aliphatic rings. The predicted molar refractivity (Wildman–Crippen MR) is 138 cm³/mol. The summed E-state index contributed by atoms with van der Waals surface area (Å²) in [5.74, 6) is -5.41. The molecule has 2 atom stereocenters. The van der Waals surface area contributed by atoms with Gasteiger partial charge in [0, 0.05) is 25.2 Å². The molecule has 0 spiro atoms. The first kappa shape index (κ1) is 36.1. The third-order valence-corrected chi connectivity index (χ3v) is 9.32. The minimum atomic E-state index is -5.22. The molecule has 0 N–H and O–H groups in total. The summed E-state index contributed by atoms with van der Waals surface area (Å²) in [7, 11) is -3.35. The number of oxime groups is 2. The van der Waals surface area contributed by atoms with E-state index in [0.29, 0.717) is 9.36 Å². The molecule has 4 heterocycles. The van der Waals surface area contributed by atoms with Crippen LogP contribution in [0.1, 0.15) is 50.2 Å². The van der Waals surface area contributed by atoms with Gasteiger partial charge < -0.3 is 19.1 Å². The Labute approximate surface area is 259 Å². The highest BCUT2D eigenvalue weighted by Crippen LogP contribution is 2.45. The zero-order valence-electron chi connectivity index (χ0n) is 25.0. The number of sulfone groups is 1. The number of alkyl halides is 10. The van der Waals surface area contributed by atoms with Gasteiger partial charge in [-0.3, -0.25) is 0 Å². The lowest BCUT2D eigenvalue weighted by Crippen LogP contribution is -2.43. The van der Waals surface area contributed by atoms with Crippen LogP contribution in [0, 0.1) is 11.8 Å². The minimum Gasteiger partial charge on any atom is -0.417 e. The van der Waals surface area contributed by atoms with Crippen molar-refractivity contribution >= 4 is 19.9 Å². The zero-order chi connectivity index (χ0) is 35.7. The van der Waals surface area contributed by atoms with Crippen molar-refractivity contribution in [3.8, 4) is 11.8 Å². The molecule has 2 aromatic heterocycles. The van der Waals surface area contributed by atoms with Crippen LogP contribution in [0.5, 0.6) is 11.8 Å². The van der Waals surface area contributed by atoms with Gasteiger partial charge in [-0.05, 0) is 40.5 Å². The van der Waals surface area contributed by atoms with Gasteiger partial charge in [0.05, 0.1) is 11.8 Å². The van der Waals surface area contributed by atoms with Crippen molar-refractivity contribution in [1.29, 1.82) is 0 Å². The van der Waals surface area contributed by atoms with Gasteiger partial charge in [-0.15, -0.1) is 0 Å². The van der Waals surface area contributed by atoms with Gasteiger partial charge in [0.15, 0.2) is 21.5 Å². The van der Waals surface area contributed by atoms with Crippen molar-refractivity contribution in [3.05, 3.63) is 22.5 Å². The fraction of sp³-hybridized carbons (Fsp3) is 0.667. The van der Waals surface area contributed by atoms with Gasteiger partial charge in [-0.25, -0.2) is 17.8 Å². The van der Waals surface area contributed by atoms with E-state index in [0.717, 1.165) is 14.1 Å². The third kappa shape index (κ3) is 6.80. The van der Waals surface area contributed by atoms with Crippen LogP contribution < -0.4 is 9.47 Å². The molecule has 12 nitrogen and oxygen atoms in total. The molecule has 47 heavy (non-hydrogen) atoms. The van der Waals surface area contributed by atoms with Crippen molar-refractivity contribution in [3.63, 3.8) is 0 Å². The van der Waals surface area contributed by atoms with Crippen LogP contribution in [0.2, 0.25) is 0 Å². The predicted octanol–water partition coefficient (Wildman–Crippen LogP) is 5.07. The molecule has 0 bridgehead atoms. The van der Waals surface area contributed by atoms with E-state index in [1.165, 1.54) is 27.7 Å². The van der Waals surface area contributed by atoms with Crippen LogP contribution in [0.4, 0.5) is 43.9 Å². The largest absolute Gasteiger partial charge is 0.435 e. The molecule has 0 saturated carbocycles. The minimum absolute atomic E-state index is 0.386. The molecule has 0 radical (unpaired) electrons. The lowest BCUT2D eigenvalue weighted by atomic mass is 9.86. The highest BCUT2D eigenvalue weighted by molar-refractivity contribution is 8.19. The van der Waals surface area contributed by atoms with E-state index >= 15 is 0 Å². The highest BCUT2D eigenvalue weighted by atomic mass is 32.2. The van der Waals surface area contributed by atoms with Crippen LogP contribution in [0.25, 0.3) is 0 Å². The average Bonchev–Trinajstić information content (AvgIpc) is 3.58. The molecule has 0 amide bonds. The van der Waals surface area contributed by atoms with E-state index in [9.17, 15) is 52.3 Å². The van der Waals surface area contributed by atoms with Crippen LogP contribution >= 0.6 is 0 Å². The molecule has 2 aliphatic heterocycles. The number of aryl methyl sites for hydroxylation is 2. The number of rotatable bonds is 8. The van der Waals surface area contributed by atoms with Crippen LogP contribution in [-0.4, -0.2) is 62.5 Å². The first-order valence-electron chi connectivity index (χ1n) is 13.2. The summed E-state index contributed by atoms with van der Waals surface area (Å²) < 4.78 is 174. The molecule has 4 rings (SSSR count). The molecule has 2 aromatic rings. The molecule has 0 saturated heterocycles. The summed E-state index contributed by atoms with van der Waals surface area (Å²) in [6.45, 7) is -2.28. The van der Waals surface area contributed by atoms with Gasteiger partial charge in [-0.2, -0.15) is 54.1 Å². The number of halogens is 10. The Kier molecular flexibility index (Phi) is 8.99. The number of ether oxygens (including phenoxy) is 2. The second-order valence-corrected chi connectivity index (χ2v) is 13.4. The van der Waals surface area contributed by atoms with Crippen LogP contribution in [-0.2, 0) is 58.8 Å². The first-order valence-corrected chi connectivity index (χ1v) is 14.7. The molecule has 2 unspecified atom stereocenters. The van der Waals surface area contributed by atoms with Crippen molar-refractivity contribution < 1.29 is 71.5 Å². The Morgan fingerprint density at radius 3 is 1.32 bits per heavy atom. The monoisotopic (exact) mass is 716 g/mol. The Balaban J connectivity index is 1.80. The van der Waals surface area contributed by atoms with Gasteiger partial charge >= 0.3 is 25.6 Å². The van der Waals surface area contributed by atoms with E-state index in [-0.39, 0.29) is 0 Å². The molecular weight excluding hydrogens is 690 g/mol. The van der Waals surface area contributed by atoms with Gasteiger partial charge in [-0.1, -0.05) is 10.3 Å². The third-order valence-electron chi connectivity index (χ3n) is 7.50. The zero-order valence-corrected chi connectivity index (χ0v) is 25.9. The smallest absolute Gasteiger partial charge is 0.417 e. The van der Waals surface area contributed by atoms with Crippen LogP contribution in [0.15, 0.2) is 10.3 Å². The lowest BCUT2D eigenvalue weighted by molar-refractivity contribution is -0.143. The van der Waals surface area contributed by atoms with Crippen molar-refractivity contribution in [2.24, 2.45) is 36.2 Å². The Morgan fingerprint density at radius 1 is 0.723 bits per heavy atom. The topological polar surface area (TPSA) is 131 Å².